The smallest absolute Gasteiger partial charge is 0.126 e. The predicted octanol–water partition coefficient (Wildman–Crippen LogP) is 4.51. The van der Waals surface area contributed by atoms with Gasteiger partial charge in [-0.05, 0) is 55.4 Å². The Labute approximate surface area is 103 Å². The van der Waals surface area contributed by atoms with Crippen LogP contribution in [0.1, 0.15) is 45.1 Å². The summed E-state index contributed by atoms with van der Waals surface area (Å²) in [6.07, 6.45) is 5.02. The maximum absolute atomic E-state index is 13.2. The molecule has 1 nitrogen and oxygen atoms in total. The van der Waals surface area contributed by atoms with Crippen LogP contribution in [0.25, 0.3) is 0 Å². The van der Waals surface area contributed by atoms with Crippen molar-refractivity contribution in [2.75, 3.05) is 5.32 Å². The quantitative estimate of drug-likeness (QED) is 0.795. The third-order valence-electron chi connectivity index (χ3n) is 3.73. The van der Waals surface area contributed by atoms with Crippen molar-refractivity contribution in [3.63, 3.8) is 0 Å². The van der Waals surface area contributed by atoms with Crippen molar-refractivity contribution in [1.29, 1.82) is 0 Å². The molecule has 0 heterocycles. The van der Waals surface area contributed by atoms with Crippen LogP contribution in [0, 0.1) is 18.2 Å². The van der Waals surface area contributed by atoms with Crippen LogP contribution in [0.15, 0.2) is 18.2 Å². The molecule has 0 saturated heterocycles. The van der Waals surface area contributed by atoms with Crippen LogP contribution in [0.2, 0.25) is 0 Å². The van der Waals surface area contributed by atoms with E-state index in [9.17, 15) is 4.39 Å². The molecule has 0 aromatic heterocycles. The standard InChI is InChI=1S/C15H22FN/c1-11-9-12(6-7-14(11)16)17-13-5-4-8-15(2,3)10-13/h6-7,9,13,17H,4-5,8,10H2,1-3H3. The summed E-state index contributed by atoms with van der Waals surface area (Å²) < 4.78 is 13.2. The van der Waals surface area contributed by atoms with E-state index in [1.54, 1.807) is 6.07 Å². The molecule has 1 aromatic carbocycles. The molecule has 2 heteroatoms. The molecule has 1 fully saturated rings. The van der Waals surface area contributed by atoms with Crippen LogP contribution in [0.4, 0.5) is 10.1 Å². The van der Waals surface area contributed by atoms with Crippen LogP contribution >= 0.6 is 0 Å². The van der Waals surface area contributed by atoms with E-state index in [1.807, 2.05) is 19.1 Å². The van der Waals surface area contributed by atoms with Crippen LogP contribution in [-0.4, -0.2) is 6.04 Å². The molecule has 0 spiro atoms. The van der Waals surface area contributed by atoms with E-state index in [0.717, 1.165) is 5.69 Å². The molecule has 17 heavy (non-hydrogen) atoms. The lowest BCUT2D eigenvalue weighted by Crippen LogP contribution is -2.31. The summed E-state index contributed by atoms with van der Waals surface area (Å²) in [5, 5.41) is 3.54. The minimum absolute atomic E-state index is 0.125. The molecule has 0 amide bonds. The van der Waals surface area contributed by atoms with E-state index in [-0.39, 0.29) is 5.82 Å². The number of hydrogen-bond acceptors (Lipinski definition) is 1. The molecule has 1 aliphatic rings. The minimum Gasteiger partial charge on any atom is -0.382 e. The van der Waals surface area contributed by atoms with Gasteiger partial charge in [-0.15, -0.1) is 0 Å². The fourth-order valence-electron chi connectivity index (χ4n) is 2.79. The molecular weight excluding hydrogens is 213 g/mol. The average Bonchev–Trinajstić information content (AvgIpc) is 2.22. The van der Waals surface area contributed by atoms with Gasteiger partial charge in [0.1, 0.15) is 5.82 Å². The number of anilines is 1. The Morgan fingerprint density at radius 1 is 1.35 bits per heavy atom. The fourth-order valence-corrected chi connectivity index (χ4v) is 2.79. The van der Waals surface area contributed by atoms with Gasteiger partial charge in [-0.3, -0.25) is 0 Å². The van der Waals surface area contributed by atoms with Crippen molar-refractivity contribution in [1.82, 2.24) is 0 Å². The van der Waals surface area contributed by atoms with E-state index >= 15 is 0 Å². The monoisotopic (exact) mass is 235 g/mol. The van der Waals surface area contributed by atoms with Crippen molar-refractivity contribution in [2.24, 2.45) is 5.41 Å². The zero-order valence-corrected chi connectivity index (χ0v) is 11.0. The molecule has 1 N–H and O–H groups in total. The Morgan fingerprint density at radius 2 is 2.12 bits per heavy atom. The second-order valence-electron chi connectivity index (χ2n) is 6.07. The van der Waals surface area contributed by atoms with Gasteiger partial charge in [0, 0.05) is 11.7 Å². The number of halogens is 1. The Hall–Kier alpha value is -1.05. The molecule has 1 unspecified atom stereocenters. The topological polar surface area (TPSA) is 12.0 Å². The largest absolute Gasteiger partial charge is 0.382 e. The van der Waals surface area contributed by atoms with E-state index < -0.39 is 0 Å². The van der Waals surface area contributed by atoms with E-state index in [0.29, 0.717) is 17.0 Å². The summed E-state index contributed by atoms with van der Waals surface area (Å²) in [6, 6.07) is 5.82. The predicted molar refractivity (Wildman–Crippen MR) is 70.8 cm³/mol. The Balaban J connectivity index is 2.03. The lowest BCUT2D eigenvalue weighted by molar-refractivity contribution is 0.229. The first-order chi connectivity index (χ1) is 7.96. The molecule has 0 aliphatic heterocycles. The van der Waals surface area contributed by atoms with Crippen LogP contribution in [-0.2, 0) is 0 Å². The van der Waals surface area contributed by atoms with Crippen LogP contribution in [0.5, 0.6) is 0 Å². The molecule has 0 radical (unpaired) electrons. The van der Waals surface area contributed by atoms with Crippen molar-refractivity contribution < 1.29 is 4.39 Å². The van der Waals surface area contributed by atoms with Gasteiger partial charge in [0.25, 0.3) is 0 Å². The highest BCUT2D eigenvalue weighted by molar-refractivity contribution is 5.46. The summed E-state index contributed by atoms with van der Waals surface area (Å²) in [6.45, 7) is 6.47. The third kappa shape index (κ3) is 3.21. The Morgan fingerprint density at radius 3 is 2.76 bits per heavy atom. The molecule has 1 atom stereocenters. The van der Waals surface area contributed by atoms with Crippen molar-refractivity contribution in [3.05, 3.63) is 29.6 Å². The molecule has 1 saturated carbocycles. The van der Waals surface area contributed by atoms with Gasteiger partial charge in [-0.25, -0.2) is 4.39 Å². The molecule has 0 bridgehead atoms. The van der Waals surface area contributed by atoms with Gasteiger partial charge >= 0.3 is 0 Å². The van der Waals surface area contributed by atoms with E-state index in [4.69, 9.17) is 0 Å². The van der Waals surface area contributed by atoms with Crippen molar-refractivity contribution >= 4 is 5.69 Å². The summed E-state index contributed by atoms with van der Waals surface area (Å²) >= 11 is 0. The first-order valence-corrected chi connectivity index (χ1v) is 6.49. The molecule has 94 valence electrons. The SMILES string of the molecule is Cc1cc(NC2CCCC(C)(C)C2)ccc1F. The normalized spacial score (nSPS) is 23.4. The second-order valence-corrected chi connectivity index (χ2v) is 6.07. The minimum atomic E-state index is -0.125. The number of aryl methyl sites for hydroxylation is 1. The zero-order chi connectivity index (χ0) is 12.5. The molecule has 2 rings (SSSR count). The Kier molecular flexibility index (Phi) is 3.41. The first-order valence-electron chi connectivity index (χ1n) is 6.49. The third-order valence-corrected chi connectivity index (χ3v) is 3.73. The summed E-state index contributed by atoms with van der Waals surface area (Å²) in [5.74, 6) is -0.125. The highest BCUT2D eigenvalue weighted by atomic mass is 19.1. The van der Waals surface area contributed by atoms with E-state index in [2.05, 4.69) is 19.2 Å². The zero-order valence-electron chi connectivity index (χ0n) is 11.0. The molecular formula is C15H22FN. The number of hydrogen-bond donors (Lipinski definition) is 1. The summed E-state index contributed by atoms with van der Waals surface area (Å²) in [7, 11) is 0. The number of benzene rings is 1. The van der Waals surface area contributed by atoms with Crippen molar-refractivity contribution in [3.8, 4) is 0 Å². The fraction of sp³-hybridized carbons (Fsp3) is 0.600. The molecule has 1 aromatic rings. The van der Waals surface area contributed by atoms with Gasteiger partial charge in [-0.2, -0.15) is 0 Å². The van der Waals surface area contributed by atoms with Crippen LogP contribution < -0.4 is 5.32 Å². The lowest BCUT2D eigenvalue weighted by Gasteiger charge is -2.36. The van der Waals surface area contributed by atoms with E-state index in [1.165, 1.54) is 25.7 Å². The summed E-state index contributed by atoms with van der Waals surface area (Å²) in [5.41, 5.74) is 2.20. The van der Waals surface area contributed by atoms with Gasteiger partial charge < -0.3 is 5.32 Å². The van der Waals surface area contributed by atoms with Gasteiger partial charge in [0.2, 0.25) is 0 Å². The number of nitrogens with one attached hydrogen (secondary N) is 1. The lowest BCUT2D eigenvalue weighted by atomic mass is 9.75. The number of rotatable bonds is 2. The van der Waals surface area contributed by atoms with Gasteiger partial charge in [0.15, 0.2) is 0 Å². The maximum Gasteiger partial charge on any atom is 0.126 e. The van der Waals surface area contributed by atoms with Gasteiger partial charge in [0.05, 0.1) is 0 Å². The summed E-state index contributed by atoms with van der Waals surface area (Å²) in [4.78, 5) is 0. The molecule has 1 aliphatic carbocycles. The van der Waals surface area contributed by atoms with Crippen LogP contribution in [0.3, 0.4) is 0 Å². The Bertz CT molecular complexity index is 398. The first kappa shape index (κ1) is 12.4. The van der Waals surface area contributed by atoms with Crippen molar-refractivity contribution in [2.45, 2.75) is 52.5 Å². The van der Waals surface area contributed by atoms with Gasteiger partial charge in [-0.1, -0.05) is 20.3 Å². The maximum atomic E-state index is 13.2. The second kappa shape index (κ2) is 4.67. The highest BCUT2D eigenvalue weighted by Crippen LogP contribution is 2.36. The highest BCUT2D eigenvalue weighted by Gasteiger charge is 2.27. The average molecular weight is 235 g/mol.